The molecule has 3 amide bonds. The molecule has 1 atom stereocenters. The van der Waals surface area contributed by atoms with E-state index in [2.05, 4.69) is 22.6 Å². The third kappa shape index (κ3) is 3.16. The first kappa shape index (κ1) is 16.9. The van der Waals surface area contributed by atoms with Crippen LogP contribution in [-0.2, 0) is 14.4 Å². The number of hydrogen-bond acceptors (Lipinski definition) is 3. The lowest BCUT2D eigenvalue weighted by molar-refractivity contribution is -0.142. The van der Waals surface area contributed by atoms with Gasteiger partial charge >= 0.3 is 0 Å². The van der Waals surface area contributed by atoms with Gasteiger partial charge in [-0.05, 0) is 67.6 Å². The minimum absolute atomic E-state index is 0.0294. The van der Waals surface area contributed by atoms with E-state index in [4.69, 9.17) is 0 Å². The second-order valence-corrected chi connectivity index (χ2v) is 7.57. The zero-order chi connectivity index (χ0) is 16.7. The summed E-state index contributed by atoms with van der Waals surface area (Å²) in [5.41, 5.74) is 0.0319. The Morgan fingerprint density at radius 3 is 2.23 bits per heavy atom. The number of amides is 3. The van der Waals surface area contributed by atoms with Crippen molar-refractivity contribution in [2.24, 2.45) is 0 Å². The Balaban J connectivity index is 2.36. The molecular formula is C16H19IN2O3. The highest BCUT2D eigenvalue weighted by atomic mass is 127. The number of rotatable bonds is 2. The molecule has 0 N–H and O–H groups in total. The zero-order valence-corrected chi connectivity index (χ0v) is 15.2. The van der Waals surface area contributed by atoms with Gasteiger partial charge in [-0.15, -0.1) is 0 Å². The van der Waals surface area contributed by atoms with E-state index in [1.54, 1.807) is 12.1 Å². The predicted octanol–water partition coefficient (Wildman–Crippen LogP) is 2.57. The van der Waals surface area contributed by atoms with Crippen LogP contribution < -0.4 is 4.90 Å². The first-order valence-corrected chi connectivity index (χ1v) is 8.13. The molecule has 1 aliphatic heterocycles. The lowest BCUT2D eigenvalue weighted by atomic mass is 10.0. The lowest BCUT2D eigenvalue weighted by Crippen LogP contribution is -2.53. The third-order valence-corrected chi connectivity index (χ3v) is 4.30. The summed E-state index contributed by atoms with van der Waals surface area (Å²) in [6.07, 6.45) is 0.0294. The zero-order valence-electron chi connectivity index (χ0n) is 13.1. The normalized spacial score (nSPS) is 18.8. The van der Waals surface area contributed by atoms with Crippen molar-refractivity contribution in [2.75, 3.05) is 4.90 Å². The maximum absolute atomic E-state index is 12.7. The maximum Gasteiger partial charge on any atom is 0.257 e. The SMILES string of the molecule is CC(=O)N(C1CC(=O)N(c2ccc(I)cc2)C1=O)C(C)(C)C. The maximum atomic E-state index is 12.7. The first-order valence-electron chi connectivity index (χ1n) is 7.05. The quantitative estimate of drug-likeness (QED) is 0.552. The van der Waals surface area contributed by atoms with Crippen LogP contribution in [0.2, 0.25) is 0 Å². The summed E-state index contributed by atoms with van der Waals surface area (Å²) < 4.78 is 1.03. The number of benzene rings is 1. The average Bonchev–Trinajstić information content (AvgIpc) is 2.64. The smallest absolute Gasteiger partial charge is 0.257 e. The van der Waals surface area contributed by atoms with Gasteiger partial charge in [0, 0.05) is 16.0 Å². The van der Waals surface area contributed by atoms with E-state index in [1.165, 1.54) is 16.7 Å². The number of imide groups is 1. The molecular weight excluding hydrogens is 395 g/mol. The number of carbonyl (C=O) groups excluding carboxylic acids is 3. The number of hydrogen-bond donors (Lipinski definition) is 0. The van der Waals surface area contributed by atoms with Gasteiger partial charge in [0.1, 0.15) is 6.04 Å². The van der Waals surface area contributed by atoms with Crippen molar-refractivity contribution in [3.8, 4) is 0 Å². The van der Waals surface area contributed by atoms with Crippen LogP contribution in [0.3, 0.4) is 0 Å². The number of nitrogens with zero attached hydrogens (tertiary/aromatic N) is 2. The molecule has 1 heterocycles. The molecule has 1 saturated heterocycles. The molecule has 0 bridgehead atoms. The molecule has 22 heavy (non-hydrogen) atoms. The largest absolute Gasteiger partial charge is 0.326 e. The molecule has 6 heteroatoms. The van der Waals surface area contributed by atoms with Crippen LogP contribution in [0.15, 0.2) is 24.3 Å². The highest BCUT2D eigenvalue weighted by Gasteiger charge is 2.46. The fourth-order valence-electron chi connectivity index (χ4n) is 2.84. The van der Waals surface area contributed by atoms with Crippen molar-refractivity contribution in [1.82, 2.24) is 4.90 Å². The Bertz CT molecular complexity index is 619. The van der Waals surface area contributed by atoms with Gasteiger partial charge in [0.25, 0.3) is 5.91 Å². The average molecular weight is 414 g/mol. The van der Waals surface area contributed by atoms with Gasteiger partial charge in [-0.3, -0.25) is 14.4 Å². The van der Waals surface area contributed by atoms with E-state index >= 15 is 0 Å². The van der Waals surface area contributed by atoms with E-state index in [-0.39, 0.29) is 24.1 Å². The summed E-state index contributed by atoms with van der Waals surface area (Å²) in [6, 6.07) is 6.45. The molecule has 1 aromatic carbocycles. The number of carbonyl (C=O) groups is 3. The van der Waals surface area contributed by atoms with Gasteiger partial charge in [-0.25, -0.2) is 4.90 Å². The molecule has 0 aliphatic carbocycles. The molecule has 0 spiro atoms. The van der Waals surface area contributed by atoms with Crippen molar-refractivity contribution in [2.45, 2.75) is 45.7 Å². The van der Waals surface area contributed by atoms with Gasteiger partial charge < -0.3 is 4.90 Å². The van der Waals surface area contributed by atoms with Crippen molar-refractivity contribution in [1.29, 1.82) is 0 Å². The molecule has 0 aromatic heterocycles. The van der Waals surface area contributed by atoms with Gasteiger partial charge in [-0.2, -0.15) is 0 Å². The van der Waals surface area contributed by atoms with E-state index in [9.17, 15) is 14.4 Å². The van der Waals surface area contributed by atoms with Crippen LogP contribution in [0.1, 0.15) is 34.1 Å². The summed E-state index contributed by atoms with van der Waals surface area (Å²) in [6.45, 7) is 7.01. The van der Waals surface area contributed by atoms with Crippen molar-refractivity contribution in [3.05, 3.63) is 27.8 Å². The van der Waals surface area contributed by atoms with Gasteiger partial charge in [0.05, 0.1) is 12.1 Å². The Hall–Kier alpha value is -1.44. The summed E-state index contributed by atoms with van der Waals surface area (Å²) >= 11 is 2.16. The fraction of sp³-hybridized carbons (Fsp3) is 0.438. The van der Waals surface area contributed by atoms with Crippen LogP contribution >= 0.6 is 22.6 Å². The summed E-state index contributed by atoms with van der Waals surface area (Å²) in [5.74, 6) is -0.814. The van der Waals surface area contributed by atoms with Crippen LogP contribution in [-0.4, -0.2) is 34.2 Å². The van der Waals surface area contributed by atoms with E-state index in [0.29, 0.717) is 5.69 Å². The van der Waals surface area contributed by atoms with Crippen molar-refractivity contribution in [3.63, 3.8) is 0 Å². The van der Waals surface area contributed by atoms with E-state index in [0.717, 1.165) is 3.57 Å². The standard InChI is InChI=1S/C16H19IN2O3/c1-10(20)19(16(2,3)4)13-9-14(21)18(15(13)22)12-7-5-11(17)6-8-12/h5-8,13H,9H2,1-4H3. The molecule has 1 unspecified atom stereocenters. The van der Waals surface area contributed by atoms with Gasteiger partial charge in [-0.1, -0.05) is 0 Å². The predicted molar refractivity (Wildman–Crippen MR) is 92.3 cm³/mol. The molecule has 1 aliphatic rings. The fourth-order valence-corrected chi connectivity index (χ4v) is 3.20. The molecule has 0 saturated carbocycles. The van der Waals surface area contributed by atoms with Gasteiger partial charge in [0.2, 0.25) is 11.8 Å². The van der Waals surface area contributed by atoms with Crippen molar-refractivity contribution < 1.29 is 14.4 Å². The molecule has 1 fully saturated rings. The Kier molecular flexibility index (Phi) is 4.60. The molecule has 0 radical (unpaired) electrons. The summed E-state index contributed by atoms with van der Waals surface area (Å²) in [5, 5.41) is 0. The Morgan fingerprint density at radius 2 is 1.77 bits per heavy atom. The second kappa shape index (κ2) is 5.98. The summed E-state index contributed by atoms with van der Waals surface area (Å²) in [4.78, 5) is 39.6. The lowest BCUT2D eigenvalue weighted by Gasteiger charge is -2.38. The third-order valence-electron chi connectivity index (χ3n) is 3.58. The molecule has 5 nitrogen and oxygen atoms in total. The molecule has 118 valence electrons. The monoisotopic (exact) mass is 414 g/mol. The van der Waals surface area contributed by atoms with E-state index in [1.807, 2.05) is 32.9 Å². The van der Waals surface area contributed by atoms with Crippen LogP contribution in [0.4, 0.5) is 5.69 Å². The van der Waals surface area contributed by atoms with E-state index < -0.39 is 11.6 Å². The first-order chi connectivity index (χ1) is 10.1. The number of halogens is 1. The summed E-state index contributed by atoms with van der Waals surface area (Å²) in [7, 11) is 0. The highest BCUT2D eigenvalue weighted by molar-refractivity contribution is 14.1. The minimum Gasteiger partial charge on any atom is -0.326 e. The van der Waals surface area contributed by atoms with Gasteiger partial charge in [0.15, 0.2) is 0 Å². The highest BCUT2D eigenvalue weighted by Crippen LogP contribution is 2.29. The number of anilines is 1. The molecule has 1 aromatic rings. The Labute approximate surface area is 143 Å². The van der Waals surface area contributed by atoms with Crippen molar-refractivity contribution >= 4 is 46.0 Å². The molecule has 2 rings (SSSR count). The van der Waals surface area contributed by atoms with Crippen LogP contribution in [0, 0.1) is 3.57 Å². The Morgan fingerprint density at radius 1 is 1.23 bits per heavy atom. The second-order valence-electron chi connectivity index (χ2n) is 6.32. The topological polar surface area (TPSA) is 57.7 Å². The van der Waals surface area contributed by atoms with Crippen LogP contribution in [0.5, 0.6) is 0 Å². The van der Waals surface area contributed by atoms with Crippen LogP contribution in [0.25, 0.3) is 0 Å². The minimum atomic E-state index is -0.732.